The summed E-state index contributed by atoms with van der Waals surface area (Å²) in [6.07, 6.45) is 0. The van der Waals surface area contributed by atoms with Crippen molar-refractivity contribution in [3.63, 3.8) is 0 Å². The van der Waals surface area contributed by atoms with Crippen LogP contribution in [0.2, 0.25) is 5.02 Å². The number of hydrogen-bond acceptors (Lipinski definition) is 2. The van der Waals surface area contributed by atoms with E-state index < -0.39 is 0 Å². The molecule has 0 aromatic heterocycles. The molecule has 0 radical (unpaired) electrons. The average molecular weight is 435 g/mol. The van der Waals surface area contributed by atoms with E-state index in [1.165, 1.54) is 5.56 Å². The van der Waals surface area contributed by atoms with Crippen molar-refractivity contribution in [3.05, 3.63) is 56.5 Å². The summed E-state index contributed by atoms with van der Waals surface area (Å²) in [4.78, 5) is -0.0212. The maximum absolute atomic E-state index is 6.33. The molecule has 1 atom stereocenters. The Labute approximate surface area is 146 Å². The monoisotopic (exact) mass is 432 g/mol. The quantitative estimate of drug-likeness (QED) is 0.557. The van der Waals surface area contributed by atoms with E-state index in [-0.39, 0.29) is 4.83 Å². The number of alkyl halides is 1. The maximum atomic E-state index is 6.33. The third-order valence-electron chi connectivity index (χ3n) is 3.15. The van der Waals surface area contributed by atoms with Crippen LogP contribution in [0.15, 0.2) is 34.8 Å². The van der Waals surface area contributed by atoms with Gasteiger partial charge in [0.2, 0.25) is 0 Å². The average Bonchev–Trinajstić information content (AvgIpc) is 2.45. The minimum atomic E-state index is -0.0212. The molecule has 0 amide bonds. The van der Waals surface area contributed by atoms with E-state index in [1.54, 1.807) is 14.2 Å². The highest BCUT2D eigenvalue weighted by Gasteiger charge is 2.20. The molecule has 112 valence electrons. The predicted molar refractivity (Wildman–Crippen MR) is 94.2 cm³/mol. The molecule has 0 bridgehead atoms. The van der Waals surface area contributed by atoms with Gasteiger partial charge in [-0.25, -0.2) is 0 Å². The fourth-order valence-corrected chi connectivity index (χ4v) is 3.78. The summed E-state index contributed by atoms with van der Waals surface area (Å²) in [5, 5.41) is 0.480. The fraction of sp³-hybridized carbons (Fsp3) is 0.250. The van der Waals surface area contributed by atoms with Gasteiger partial charge in [-0.3, -0.25) is 0 Å². The minimum absolute atomic E-state index is 0.0212. The van der Waals surface area contributed by atoms with E-state index in [1.807, 2.05) is 12.1 Å². The van der Waals surface area contributed by atoms with Gasteiger partial charge in [0.25, 0.3) is 0 Å². The van der Waals surface area contributed by atoms with E-state index in [2.05, 4.69) is 57.0 Å². The summed E-state index contributed by atoms with van der Waals surface area (Å²) in [6, 6.07) is 10.1. The highest BCUT2D eigenvalue weighted by Crippen LogP contribution is 2.44. The number of halogens is 3. The Morgan fingerprint density at radius 2 is 1.81 bits per heavy atom. The van der Waals surface area contributed by atoms with Crippen molar-refractivity contribution < 1.29 is 9.47 Å². The van der Waals surface area contributed by atoms with Gasteiger partial charge in [-0.05, 0) is 36.2 Å². The van der Waals surface area contributed by atoms with Crippen molar-refractivity contribution >= 4 is 43.5 Å². The van der Waals surface area contributed by atoms with Gasteiger partial charge in [-0.15, -0.1) is 0 Å². The third-order valence-corrected chi connectivity index (χ3v) is 4.98. The summed E-state index contributed by atoms with van der Waals surface area (Å²) < 4.78 is 11.7. The zero-order chi connectivity index (χ0) is 15.6. The van der Waals surface area contributed by atoms with Crippen LogP contribution in [0.5, 0.6) is 11.5 Å². The second-order valence-corrected chi connectivity index (χ2v) is 6.84. The Morgan fingerprint density at radius 3 is 2.38 bits per heavy atom. The van der Waals surface area contributed by atoms with Crippen molar-refractivity contribution in [2.45, 2.75) is 11.8 Å². The lowest BCUT2D eigenvalue weighted by Crippen LogP contribution is -1.99. The van der Waals surface area contributed by atoms with Crippen molar-refractivity contribution in [1.29, 1.82) is 0 Å². The Bertz CT molecular complexity index is 639. The molecule has 0 heterocycles. The van der Waals surface area contributed by atoms with Crippen LogP contribution >= 0.6 is 43.5 Å². The van der Waals surface area contributed by atoms with Crippen LogP contribution in [0.25, 0.3) is 0 Å². The van der Waals surface area contributed by atoms with Gasteiger partial charge in [0.05, 0.1) is 19.0 Å². The first-order chi connectivity index (χ1) is 9.97. The van der Waals surface area contributed by atoms with E-state index in [0.29, 0.717) is 16.5 Å². The smallest absolute Gasteiger partial charge is 0.145 e. The number of methoxy groups -OCH3 is 2. The van der Waals surface area contributed by atoms with Gasteiger partial charge in [0, 0.05) is 10.0 Å². The molecule has 1 unspecified atom stereocenters. The number of rotatable bonds is 4. The molecule has 0 aliphatic heterocycles. The normalized spacial score (nSPS) is 12.1. The second-order valence-electron chi connectivity index (χ2n) is 4.63. The molecular formula is C16H15Br2ClO2. The van der Waals surface area contributed by atoms with Crippen LogP contribution in [0.4, 0.5) is 0 Å². The van der Waals surface area contributed by atoms with Gasteiger partial charge in [-0.2, -0.15) is 0 Å². The van der Waals surface area contributed by atoms with E-state index in [9.17, 15) is 0 Å². The molecule has 2 rings (SSSR count). The molecule has 2 nitrogen and oxygen atoms in total. The highest BCUT2D eigenvalue weighted by molar-refractivity contribution is 9.10. The van der Waals surface area contributed by atoms with Gasteiger partial charge in [0.15, 0.2) is 0 Å². The van der Waals surface area contributed by atoms with Gasteiger partial charge < -0.3 is 9.47 Å². The molecule has 0 saturated heterocycles. The first-order valence-corrected chi connectivity index (χ1v) is 8.38. The van der Waals surface area contributed by atoms with Crippen LogP contribution in [0, 0.1) is 6.92 Å². The van der Waals surface area contributed by atoms with Crippen molar-refractivity contribution in [3.8, 4) is 11.5 Å². The van der Waals surface area contributed by atoms with E-state index >= 15 is 0 Å². The summed E-state index contributed by atoms with van der Waals surface area (Å²) in [6.45, 7) is 2.06. The maximum Gasteiger partial charge on any atom is 0.145 e. The molecule has 0 spiro atoms. The van der Waals surface area contributed by atoms with Gasteiger partial charge >= 0.3 is 0 Å². The zero-order valence-electron chi connectivity index (χ0n) is 11.9. The van der Waals surface area contributed by atoms with Crippen LogP contribution in [-0.4, -0.2) is 14.2 Å². The molecule has 0 N–H and O–H groups in total. The van der Waals surface area contributed by atoms with Crippen LogP contribution in [0.1, 0.15) is 21.5 Å². The lowest BCUT2D eigenvalue weighted by Gasteiger charge is -2.18. The molecule has 0 saturated carbocycles. The number of aryl methyl sites for hydroxylation is 1. The molecule has 5 heteroatoms. The molecule has 0 aliphatic rings. The van der Waals surface area contributed by atoms with Crippen molar-refractivity contribution in [2.75, 3.05) is 14.2 Å². The number of hydrogen-bond donors (Lipinski definition) is 0. The first kappa shape index (κ1) is 16.7. The second kappa shape index (κ2) is 7.03. The predicted octanol–water partition coefficient (Wildman–Crippen LogP) is 5.91. The molecular weight excluding hydrogens is 419 g/mol. The lowest BCUT2D eigenvalue weighted by molar-refractivity contribution is 0.392. The van der Waals surface area contributed by atoms with Crippen molar-refractivity contribution in [2.24, 2.45) is 0 Å². The Balaban J connectivity index is 2.52. The molecule has 0 aliphatic carbocycles. The topological polar surface area (TPSA) is 18.5 Å². The van der Waals surface area contributed by atoms with E-state index in [4.69, 9.17) is 21.1 Å². The standard InChI is InChI=1S/C16H15Br2ClO2/c1-9-6-10(8-11(17)7-9)14(18)12-4-5-13(20-2)15(19)16(12)21-3/h4-8,14H,1-3H3. The molecule has 0 fully saturated rings. The summed E-state index contributed by atoms with van der Waals surface area (Å²) >= 11 is 13.6. The van der Waals surface area contributed by atoms with Crippen LogP contribution in [-0.2, 0) is 0 Å². The van der Waals surface area contributed by atoms with Crippen LogP contribution in [0.3, 0.4) is 0 Å². The Kier molecular flexibility index (Phi) is 5.58. The minimum Gasteiger partial charge on any atom is -0.495 e. The largest absolute Gasteiger partial charge is 0.495 e. The third kappa shape index (κ3) is 3.55. The van der Waals surface area contributed by atoms with Gasteiger partial charge in [0.1, 0.15) is 16.5 Å². The van der Waals surface area contributed by atoms with Gasteiger partial charge in [-0.1, -0.05) is 55.6 Å². The lowest BCUT2D eigenvalue weighted by atomic mass is 10.0. The first-order valence-electron chi connectivity index (χ1n) is 6.29. The zero-order valence-corrected chi connectivity index (χ0v) is 15.8. The Morgan fingerprint density at radius 1 is 1.10 bits per heavy atom. The molecule has 2 aromatic carbocycles. The fourth-order valence-electron chi connectivity index (χ4n) is 2.21. The number of benzene rings is 2. The van der Waals surface area contributed by atoms with Crippen molar-refractivity contribution in [1.82, 2.24) is 0 Å². The summed E-state index contributed by atoms with van der Waals surface area (Å²) in [5.41, 5.74) is 3.27. The van der Waals surface area contributed by atoms with E-state index in [0.717, 1.165) is 15.6 Å². The molecule has 2 aromatic rings. The number of ether oxygens (including phenoxy) is 2. The summed E-state index contributed by atoms with van der Waals surface area (Å²) in [7, 11) is 3.19. The molecule has 21 heavy (non-hydrogen) atoms. The SMILES string of the molecule is COc1ccc(C(Br)c2cc(C)cc(Br)c2)c(OC)c1Cl. The Hall–Kier alpha value is -0.710. The van der Waals surface area contributed by atoms with Crippen LogP contribution < -0.4 is 9.47 Å². The summed E-state index contributed by atoms with van der Waals surface area (Å²) in [5.74, 6) is 1.22. The highest BCUT2D eigenvalue weighted by atomic mass is 79.9.